The molecule has 1 fully saturated rings. The zero-order valence-electron chi connectivity index (χ0n) is 8.85. The van der Waals surface area contributed by atoms with Gasteiger partial charge >= 0.3 is 0 Å². The monoisotopic (exact) mass is 255 g/mol. The van der Waals surface area contributed by atoms with Crippen LogP contribution in [-0.2, 0) is 16.3 Å². The molecule has 16 heavy (non-hydrogen) atoms. The van der Waals surface area contributed by atoms with Gasteiger partial charge in [-0.2, -0.15) is 5.26 Å². The van der Waals surface area contributed by atoms with Crippen LogP contribution in [0.25, 0.3) is 0 Å². The number of sulfone groups is 1. The minimum atomic E-state index is -2.98. The largest absolute Gasteiger partial charge is 0.229 e. The zero-order valence-corrected chi connectivity index (χ0v) is 10.5. The molecule has 1 unspecified atom stereocenters. The summed E-state index contributed by atoms with van der Waals surface area (Å²) in [6.45, 7) is 0. The standard InChI is InChI=1S/C11H13NO2S2/c12-8-11(5-7-16(13,14)9-11)4-3-10-2-1-6-15-10/h1-2,6H,3-5,7,9H2. The highest BCUT2D eigenvalue weighted by atomic mass is 32.2. The van der Waals surface area contributed by atoms with Gasteiger partial charge in [0.05, 0.1) is 23.0 Å². The molecule has 0 amide bonds. The number of hydrogen-bond donors (Lipinski definition) is 0. The van der Waals surface area contributed by atoms with Gasteiger partial charge in [-0.05, 0) is 30.7 Å². The van der Waals surface area contributed by atoms with Gasteiger partial charge in [0, 0.05) is 4.88 Å². The second-order valence-electron chi connectivity index (χ2n) is 4.31. The highest BCUT2D eigenvalue weighted by Gasteiger charge is 2.42. The molecule has 0 saturated carbocycles. The van der Waals surface area contributed by atoms with Crippen molar-refractivity contribution < 1.29 is 8.42 Å². The Kier molecular flexibility index (Phi) is 3.04. The molecule has 1 aliphatic heterocycles. The van der Waals surface area contributed by atoms with Gasteiger partial charge in [0.15, 0.2) is 9.84 Å². The first kappa shape index (κ1) is 11.6. The highest BCUT2D eigenvalue weighted by Crippen LogP contribution is 2.36. The Bertz CT molecular complexity index is 499. The van der Waals surface area contributed by atoms with E-state index in [1.54, 1.807) is 11.3 Å². The number of hydrogen-bond acceptors (Lipinski definition) is 4. The molecule has 1 atom stereocenters. The molecule has 3 nitrogen and oxygen atoms in total. The van der Waals surface area contributed by atoms with Gasteiger partial charge in [-0.15, -0.1) is 11.3 Å². The third-order valence-corrected chi connectivity index (χ3v) is 5.81. The van der Waals surface area contributed by atoms with Gasteiger partial charge in [-0.25, -0.2) is 8.42 Å². The van der Waals surface area contributed by atoms with Gasteiger partial charge in [0.25, 0.3) is 0 Å². The molecule has 2 heterocycles. The molecular weight excluding hydrogens is 242 g/mol. The maximum atomic E-state index is 11.4. The first-order valence-electron chi connectivity index (χ1n) is 5.19. The van der Waals surface area contributed by atoms with Crippen molar-refractivity contribution in [2.24, 2.45) is 5.41 Å². The average Bonchev–Trinajstić information content (AvgIpc) is 2.84. The summed E-state index contributed by atoms with van der Waals surface area (Å²) in [7, 11) is -2.98. The van der Waals surface area contributed by atoms with Crippen LogP contribution in [0.1, 0.15) is 17.7 Å². The van der Waals surface area contributed by atoms with E-state index in [1.165, 1.54) is 4.88 Å². The van der Waals surface area contributed by atoms with E-state index in [0.717, 1.165) is 6.42 Å². The third kappa shape index (κ3) is 2.45. The van der Waals surface area contributed by atoms with Crippen LogP contribution in [0.4, 0.5) is 0 Å². The predicted molar refractivity (Wildman–Crippen MR) is 64.0 cm³/mol. The molecule has 1 aromatic heterocycles. The Morgan fingerprint density at radius 1 is 1.56 bits per heavy atom. The Balaban J connectivity index is 2.05. The molecule has 5 heteroatoms. The lowest BCUT2D eigenvalue weighted by molar-refractivity contribution is 0.417. The molecule has 0 aliphatic carbocycles. The molecule has 1 saturated heterocycles. The molecule has 0 N–H and O–H groups in total. The smallest absolute Gasteiger partial charge is 0.151 e. The number of nitrogens with zero attached hydrogens (tertiary/aromatic N) is 1. The molecule has 0 bridgehead atoms. The summed E-state index contributed by atoms with van der Waals surface area (Å²) in [5, 5.41) is 11.2. The Morgan fingerprint density at radius 3 is 2.88 bits per heavy atom. The van der Waals surface area contributed by atoms with Crippen LogP contribution in [0, 0.1) is 16.7 Å². The summed E-state index contributed by atoms with van der Waals surface area (Å²) >= 11 is 1.66. The molecule has 1 aliphatic rings. The van der Waals surface area contributed by atoms with Crippen molar-refractivity contribution in [2.45, 2.75) is 19.3 Å². The third-order valence-electron chi connectivity index (χ3n) is 3.06. The summed E-state index contributed by atoms with van der Waals surface area (Å²) in [6.07, 6.45) is 1.96. The van der Waals surface area contributed by atoms with Gasteiger partial charge < -0.3 is 0 Å². The SMILES string of the molecule is N#CC1(CCc2cccs2)CCS(=O)(=O)C1. The quantitative estimate of drug-likeness (QED) is 0.830. The van der Waals surface area contributed by atoms with E-state index in [4.69, 9.17) is 5.26 Å². The van der Waals surface area contributed by atoms with E-state index in [2.05, 4.69) is 6.07 Å². The maximum absolute atomic E-state index is 11.4. The molecule has 2 rings (SSSR count). The summed E-state index contributed by atoms with van der Waals surface area (Å²) in [6, 6.07) is 6.22. The topological polar surface area (TPSA) is 57.9 Å². The second kappa shape index (κ2) is 4.19. The Labute approximate surface area is 99.6 Å². The van der Waals surface area contributed by atoms with Crippen molar-refractivity contribution in [2.75, 3.05) is 11.5 Å². The van der Waals surface area contributed by atoms with Crippen LogP contribution in [-0.4, -0.2) is 19.9 Å². The van der Waals surface area contributed by atoms with E-state index in [9.17, 15) is 8.42 Å². The predicted octanol–water partition coefficient (Wildman–Crippen LogP) is 2.01. The van der Waals surface area contributed by atoms with Crippen molar-refractivity contribution in [3.63, 3.8) is 0 Å². The van der Waals surface area contributed by atoms with E-state index >= 15 is 0 Å². The molecule has 0 spiro atoms. The highest BCUT2D eigenvalue weighted by molar-refractivity contribution is 7.91. The van der Waals surface area contributed by atoms with Gasteiger partial charge in [0.1, 0.15) is 0 Å². The lowest BCUT2D eigenvalue weighted by Crippen LogP contribution is -2.20. The second-order valence-corrected chi connectivity index (χ2v) is 7.53. The van der Waals surface area contributed by atoms with Gasteiger partial charge in [0.2, 0.25) is 0 Å². The summed E-state index contributed by atoms with van der Waals surface area (Å²) in [5.74, 6) is 0.215. The number of thiophene rings is 1. The van der Waals surface area contributed by atoms with Crippen LogP contribution in [0.3, 0.4) is 0 Å². The molecule has 1 aromatic rings. The van der Waals surface area contributed by atoms with Crippen molar-refractivity contribution in [3.05, 3.63) is 22.4 Å². The minimum Gasteiger partial charge on any atom is -0.229 e. The van der Waals surface area contributed by atoms with Crippen LogP contribution in [0.2, 0.25) is 0 Å². The summed E-state index contributed by atoms with van der Waals surface area (Å²) < 4.78 is 22.8. The van der Waals surface area contributed by atoms with Crippen LogP contribution >= 0.6 is 11.3 Å². The lowest BCUT2D eigenvalue weighted by Gasteiger charge is -2.17. The van der Waals surface area contributed by atoms with E-state index in [1.807, 2.05) is 17.5 Å². The fraction of sp³-hybridized carbons (Fsp3) is 0.545. The number of nitriles is 1. The number of rotatable bonds is 3. The van der Waals surface area contributed by atoms with Gasteiger partial charge in [-0.3, -0.25) is 0 Å². The summed E-state index contributed by atoms with van der Waals surface area (Å²) in [4.78, 5) is 1.22. The molecule has 0 radical (unpaired) electrons. The Hall–Kier alpha value is -0.860. The molecular formula is C11H13NO2S2. The minimum absolute atomic E-state index is 0.0435. The first-order valence-corrected chi connectivity index (χ1v) is 7.89. The first-order chi connectivity index (χ1) is 7.55. The van der Waals surface area contributed by atoms with Crippen LogP contribution in [0.5, 0.6) is 0 Å². The van der Waals surface area contributed by atoms with Gasteiger partial charge in [-0.1, -0.05) is 6.07 Å². The zero-order chi connectivity index (χ0) is 11.6. The fourth-order valence-electron chi connectivity index (χ4n) is 2.07. The Morgan fingerprint density at radius 2 is 2.38 bits per heavy atom. The number of aryl methyl sites for hydroxylation is 1. The molecule has 0 aromatic carbocycles. The van der Waals surface area contributed by atoms with Crippen molar-refractivity contribution in [1.29, 1.82) is 5.26 Å². The molecule has 86 valence electrons. The van der Waals surface area contributed by atoms with E-state index in [0.29, 0.717) is 12.8 Å². The van der Waals surface area contributed by atoms with Crippen LogP contribution in [0.15, 0.2) is 17.5 Å². The van der Waals surface area contributed by atoms with Crippen molar-refractivity contribution >= 4 is 21.2 Å². The average molecular weight is 255 g/mol. The van der Waals surface area contributed by atoms with Crippen molar-refractivity contribution in [3.8, 4) is 6.07 Å². The fourth-order valence-corrected chi connectivity index (χ4v) is 4.82. The maximum Gasteiger partial charge on any atom is 0.151 e. The van der Waals surface area contributed by atoms with Crippen molar-refractivity contribution in [1.82, 2.24) is 0 Å². The summed E-state index contributed by atoms with van der Waals surface area (Å²) in [5.41, 5.74) is -0.636. The lowest BCUT2D eigenvalue weighted by atomic mass is 9.84. The van der Waals surface area contributed by atoms with E-state index in [-0.39, 0.29) is 11.5 Å². The van der Waals surface area contributed by atoms with E-state index < -0.39 is 15.3 Å². The normalized spacial score (nSPS) is 27.7. The van der Waals surface area contributed by atoms with Crippen LogP contribution < -0.4 is 0 Å².